The van der Waals surface area contributed by atoms with E-state index in [0.717, 1.165) is 19.3 Å². The van der Waals surface area contributed by atoms with Crippen LogP contribution < -0.4 is 68.9 Å². The molecular weight excluding hydrogens is 373 g/mol. The predicted molar refractivity (Wildman–Crippen MR) is 94.2 cm³/mol. The van der Waals surface area contributed by atoms with Gasteiger partial charge in [-0.3, -0.25) is 0 Å². The standard InChI is InChI=1S/C18H39O5P.2Na/c1-2-3-4-5-6-7-8-9-10-11-12-13-14-15-16-17-18-22-23-24(19,20)21;;/h2-18H2,1H3,(H2,19,20,21);;/q;2*+1/p-2. The maximum Gasteiger partial charge on any atom is 1.00 e. The normalized spacial score (nSPS) is 11.0. The van der Waals surface area contributed by atoms with Crippen LogP contribution in [-0.2, 0) is 14.1 Å². The first-order valence-electron chi connectivity index (χ1n) is 9.89. The first kappa shape index (κ1) is 32.7. The van der Waals surface area contributed by atoms with Crippen molar-refractivity contribution < 1.29 is 83.0 Å². The van der Waals surface area contributed by atoms with E-state index >= 15 is 0 Å². The summed E-state index contributed by atoms with van der Waals surface area (Å²) in [5, 5.41) is 0. The molecule has 146 valence electrons. The van der Waals surface area contributed by atoms with Gasteiger partial charge < -0.3 is 14.4 Å². The SMILES string of the molecule is CCCCCCCCCCCCCCCCCCOOP(=O)([O-])[O-].[Na+].[Na+]. The van der Waals surface area contributed by atoms with Gasteiger partial charge in [-0.1, -0.05) is 103 Å². The summed E-state index contributed by atoms with van der Waals surface area (Å²) in [5.74, 6) is 0. The Hall–Kier alpha value is 2.07. The van der Waals surface area contributed by atoms with Gasteiger partial charge in [0.2, 0.25) is 0 Å². The zero-order chi connectivity index (χ0) is 17.9. The molecule has 0 aromatic carbocycles. The van der Waals surface area contributed by atoms with Crippen molar-refractivity contribution in [1.82, 2.24) is 0 Å². The molecular formula is C18H37Na2O5P. The van der Waals surface area contributed by atoms with Crippen LogP contribution in [0.4, 0.5) is 0 Å². The zero-order valence-corrected chi connectivity index (χ0v) is 22.4. The molecule has 0 unspecified atom stereocenters. The van der Waals surface area contributed by atoms with Gasteiger partial charge in [-0.2, -0.15) is 0 Å². The second-order valence-corrected chi connectivity index (χ2v) is 7.69. The van der Waals surface area contributed by atoms with Crippen molar-refractivity contribution in [1.29, 1.82) is 0 Å². The molecule has 26 heavy (non-hydrogen) atoms. The third-order valence-corrected chi connectivity index (χ3v) is 4.51. The van der Waals surface area contributed by atoms with Crippen molar-refractivity contribution >= 4 is 7.82 Å². The minimum absolute atomic E-state index is 0. The monoisotopic (exact) mass is 410 g/mol. The zero-order valence-electron chi connectivity index (χ0n) is 17.5. The maximum absolute atomic E-state index is 10.1. The molecule has 0 radical (unpaired) electrons. The van der Waals surface area contributed by atoms with E-state index in [1.807, 2.05) is 0 Å². The Kier molecular flexibility index (Phi) is 31.6. The molecule has 0 aliphatic carbocycles. The molecule has 0 fully saturated rings. The van der Waals surface area contributed by atoms with Crippen LogP contribution in [0.3, 0.4) is 0 Å². The Bertz CT molecular complexity index is 303. The summed E-state index contributed by atoms with van der Waals surface area (Å²) >= 11 is 0. The van der Waals surface area contributed by atoms with E-state index in [0.29, 0.717) is 0 Å². The van der Waals surface area contributed by atoms with Gasteiger partial charge in [0.25, 0.3) is 0 Å². The predicted octanol–water partition coefficient (Wildman–Crippen LogP) is -0.967. The molecule has 8 heteroatoms. The molecule has 0 amide bonds. The third kappa shape index (κ3) is 30.8. The summed E-state index contributed by atoms with van der Waals surface area (Å²) in [6, 6.07) is 0. The van der Waals surface area contributed by atoms with Crippen LogP contribution in [0.15, 0.2) is 0 Å². The van der Waals surface area contributed by atoms with E-state index in [-0.39, 0.29) is 65.7 Å². The average Bonchev–Trinajstić information content (AvgIpc) is 2.52. The largest absolute Gasteiger partial charge is 1.00 e. The summed E-state index contributed by atoms with van der Waals surface area (Å²) in [4.78, 5) is 24.6. The smallest absolute Gasteiger partial charge is 0.788 e. The topological polar surface area (TPSA) is 81.7 Å². The van der Waals surface area contributed by atoms with Crippen molar-refractivity contribution in [3.05, 3.63) is 0 Å². The Balaban J connectivity index is -0.00000264. The fourth-order valence-electron chi connectivity index (χ4n) is 2.81. The van der Waals surface area contributed by atoms with Gasteiger partial charge in [0.05, 0.1) is 6.61 Å². The second kappa shape index (κ2) is 25.1. The van der Waals surface area contributed by atoms with Crippen LogP contribution >= 0.6 is 7.82 Å². The summed E-state index contributed by atoms with van der Waals surface area (Å²) in [5.41, 5.74) is 0. The van der Waals surface area contributed by atoms with Crippen LogP contribution in [-0.4, -0.2) is 6.61 Å². The Morgan fingerprint density at radius 1 is 0.615 bits per heavy atom. The molecule has 0 aromatic heterocycles. The number of rotatable bonds is 19. The van der Waals surface area contributed by atoms with E-state index in [2.05, 4.69) is 16.5 Å². The first-order valence-corrected chi connectivity index (χ1v) is 11.4. The molecule has 0 N–H and O–H groups in total. The van der Waals surface area contributed by atoms with E-state index in [9.17, 15) is 14.4 Å². The molecule has 0 bridgehead atoms. The van der Waals surface area contributed by atoms with Gasteiger partial charge in [-0.15, -0.1) is 0 Å². The molecule has 0 spiro atoms. The van der Waals surface area contributed by atoms with Gasteiger partial charge in [-0.05, 0) is 6.42 Å². The quantitative estimate of drug-likeness (QED) is 0.0900. The van der Waals surface area contributed by atoms with Gasteiger partial charge in [0, 0.05) is 0 Å². The fraction of sp³-hybridized carbons (Fsp3) is 1.00. The van der Waals surface area contributed by atoms with E-state index in [1.54, 1.807) is 0 Å². The maximum atomic E-state index is 10.1. The van der Waals surface area contributed by atoms with E-state index < -0.39 is 7.82 Å². The Morgan fingerprint density at radius 2 is 0.923 bits per heavy atom. The molecule has 0 heterocycles. The van der Waals surface area contributed by atoms with Crippen LogP contribution in [0.2, 0.25) is 0 Å². The third-order valence-electron chi connectivity index (χ3n) is 4.23. The van der Waals surface area contributed by atoms with E-state index in [4.69, 9.17) is 0 Å². The number of hydrogen-bond donors (Lipinski definition) is 0. The number of phosphoric acid groups is 1. The van der Waals surface area contributed by atoms with Crippen LogP contribution in [0, 0.1) is 0 Å². The Morgan fingerprint density at radius 3 is 1.23 bits per heavy atom. The van der Waals surface area contributed by atoms with Crippen molar-refractivity contribution in [2.75, 3.05) is 6.61 Å². The Labute approximate surface area is 205 Å². The van der Waals surface area contributed by atoms with Gasteiger partial charge in [0.15, 0.2) is 0 Å². The van der Waals surface area contributed by atoms with Gasteiger partial charge >= 0.3 is 59.1 Å². The van der Waals surface area contributed by atoms with Crippen molar-refractivity contribution in [2.24, 2.45) is 0 Å². The van der Waals surface area contributed by atoms with Gasteiger partial charge in [-0.25, -0.2) is 9.56 Å². The van der Waals surface area contributed by atoms with Crippen molar-refractivity contribution in [3.63, 3.8) is 0 Å². The molecule has 0 saturated heterocycles. The molecule has 0 aliphatic rings. The molecule has 0 saturated carbocycles. The molecule has 5 nitrogen and oxygen atoms in total. The molecule has 0 rings (SSSR count). The molecule has 0 aliphatic heterocycles. The van der Waals surface area contributed by atoms with Crippen LogP contribution in [0.25, 0.3) is 0 Å². The molecule has 0 atom stereocenters. The molecule has 0 aromatic rings. The summed E-state index contributed by atoms with van der Waals surface area (Å²) < 4.78 is 13.8. The number of hydrogen-bond acceptors (Lipinski definition) is 5. The number of unbranched alkanes of at least 4 members (excludes halogenated alkanes) is 15. The summed E-state index contributed by atoms with van der Waals surface area (Å²) in [6.07, 6.45) is 20.5. The minimum Gasteiger partial charge on any atom is -0.788 e. The first-order chi connectivity index (χ1) is 11.6. The summed E-state index contributed by atoms with van der Waals surface area (Å²) in [6.45, 7) is 2.42. The van der Waals surface area contributed by atoms with Crippen LogP contribution in [0.5, 0.6) is 0 Å². The average molecular weight is 410 g/mol. The second-order valence-electron chi connectivity index (χ2n) is 6.65. The van der Waals surface area contributed by atoms with Crippen molar-refractivity contribution in [3.8, 4) is 0 Å². The van der Waals surface area contributed by atoms with Crippen LogP contribution in [0.1, 0.15) is 110 Å². The minimum atomic E-state index is -4.98. The van der Waals surface area contributed by atoms with E-state index in [1.165, 1.54) is 83.5 Å². The summed E-state index contributed by atoms with van der Waals surface area (Å²) in [7, 11) is -4.98. The van der Waals surface area contributed by atoms with Crippen molar-refractivity contribution in [2.45, 2.75) is 110 Å². The fourth-order valence-corrected chi connectivity index (χ4v) is 3.01. The van der Waals surface area contributed by atoms with Gasteiger partial charge in [0.1, 0.15) is 7.82 Å².